The van der Waals surface area contributed by atoms with Crippen LogP contribution in [0.15, 0.2) is 170 Å². The maximum Gasteiger partial charge on any atom is 0.164 e. The van der Waals surface area contributed by atoms with E-state index in [2.05, 4.69) is 53.1 Å². The maximum atomic E-state index is 8.88. The minimum atomic E-state index is -0.411. The SMILES string of the molecule is [2H]c1c([2H])c([2H])c(-c2cccc3c4ccccc4n(-c4cccc5c4sc4cc(-c6nc(-c7ccccc7)nc(-c7ccccc7)n6)ccc45)c23)c([2H])c1[2H]. The summed E-state index contributed by atoms with van der Waals surface area (Å²) >= 11 is 1.68. The molecule has 0 saturated heterocycles. The second-order valence-corrected chi connectivity index (χ2v) is 13.1. The molecule has 0 aliphatic heterocycles. The van der Waals surface area contributed by atoms with Gasteiger partial charge in [-0.2, -0.15) is 0 Å². The number of fused-ring (bicyclic) bond motifs is 6. The fourth-order valence-corrected chi connectivity index (χ4v) is 8.14. The van der Waals surface area contributed by atoms with Crippen molar-refractivity contribution in [2.24, 2.45) is 0 Å². The van der Waals surface area contributed by atoms with Crippen molar-refractivity contribution < 1.29 is 6.85 Å². The highest BCUT2D eigenvalue weighted by Gasteiger charge is 2.20. The maximum absolute atomic E-state index is 8.88. The normalized spacial score (nSPS) is 13.0. The van der Waals surface area contributed by atoms with E-state index in [0.29, 0.717) is 23.0 Å². The van der Waals surface area contributed by atoms with Crippen LogP contribution >= 0.6 is 11.3 Å². The van der Waals surface area contributed by atoms with Crippen LogP contribution in [0.1, 0.15) is 6.85 Å². The lowest BCUT2D eigenvalue weighted by atomic mass is 10.0. The molecular weight excluding hydrogens is 629 g/mol. The van der Waals surface area contributed by atoms with Gasteiger partial charge in [-0.05, 0) is 23.8 Å². The van der Waals surface area contributed by atoms with E-state index < -0.39 is 6.04 Å². The molecule has 10 aromatic rings. The summed E-state index contributed by atoms with van der Waals surface area (Å²) in [5, 5.41) is 4.11. The van der Waals surface area contributed by atoms with Crippen molar-refractivity contribution in [2.45, 2.75) is 0 Å². The second-order valence-electron chi connectivity index (χ2n) is 12.1. The Hall–Kier alpha value is -6.43. The molecule has 3 heterocycles. The summed E-state index contributed by atoms with van der Waals surface area (Å²) in [6, 6.07) is 44.8. The molecule has 0 unspecified atom stereocenters. The largest absolute Gasteiger partial charge is 0.307 e. The first-order chi connectivity index (χ1) is 26.9. The summed E-state index contributed by atoms with van der Waals surface area (Å²) in [7, 11) is 0. The van der Waals surface area contributed by atoms with Gasteiger partial charge in [0.05, 0.1) is 28.3 Å². The number of para-hydroxylation sites is 2. The third kappa shape index (κ3) is 4.63. The van der Waals surface area contributed by atoms with Crippen molar-refractivity contribution in [3.05, 3.63) is 170 Å². The van der Waals surface area contributed by atoms with Crippen LogP contribution in [0.2, 0.25) is 0 Å². The number of nitrogens with zero attached hydrogens (tertiary/aromatic N) is 4. The molecule has 0 saturated carbocycles. The van der Waals surface area contributed by atoms with E-state index in [1.807, 2.05) is 91.0 Å². The zero-order valence-corrected chi connectivity index (χ0v) is 27.3. The average Bonchev–Trinajstić information content (AvgIpc) is 3.79. The molecule has 3 aromatic heterocycles. The standard InChI is InChI=1S/C45H28N4S/c1-4-14-29(15-5-1)33-21-12-22-36-34-20-10-11-24-38(34)49(41(33)36)39-25-13-23-37-35-27-26-32(28-40(35)50-42(37)39)45-47-43(30-16-6-2-7-17-30)46-44(48-45)31-18-8-3-9-19-31/h1-28H/i1D,4D,5D,14D,15D. The predicted molar refractivity (Wildman–Crippen MR) is 209 cm³/mol. The Balaban J connectivity index is 1.21. The minimum Gasteiger partial charge on any atom is -0.307 e. The minimum absolute atomic E-state index is 0.177. The number of rotatable bonds is 5. The molecule has 0 fully saturated rings. The van der Waals surface area contributed by atoms with Gasteiger partial charge in [0, 0.05) is 48.5 Å². The van der Waals surface area contributed by atoms with E-state index in [1.165, 1.54) is 0 Å². The lowest BCUT2D eigenvalue weighted by molar-refractivity contribution is 1.07. The molecule has 0 radical (unpaired) electrons. The van der Waals surface area contributed by atoms with E-state index in [-0.39, 0.29) is 29.7 Å². The third-order valence-corrected chi connectivity index (χ3v) is 10.3. The molecule has 234 valence electrons. The molecular formula is C45H28N4S. The van der Waals surface area contributed by atoms with E-state index in [9.17, 15) is 0 Å². The van der Waals surface area contributed by atoms with Crippen molar-refractivity contribution in [3.8, 4) is 51.0 Å². The Morgan fingerprint density at radius 2 is 1.10 bits per heavy atom. The lowest BCUT2D eigenvalue weighted by Crippen LogP contribution is -1.99. The van der Waals surface area contributed by atoms with Gasteiger partial charge in [-0.3, -0.25) is 0 Å². The molecule has 10 rings (SSSR count). The van der Waals surface area contributed by atoms with Crippen LogP contribution in [-0.4, -0.2) is 19.5 Å². The van der Waals surface area contributed by atoms with Crippen molar-refractivity contribution in [1.82, 2.24) is 19.5 Å². The Kier molecular flexibility index (Phi) is 5.54. The molecule has 7 aromatic carbocycles. The van der Waals surface area contributed by atoms with Gasteiger partial charge in [-0.15, -0.1) is 11.3 Å². The van der Waals surface area contributed by atoms with E-state index in [4.69, 9.17) is 21.8 Å². The van der Waals surface area contributed by atoms with Crippen LogP contribution < -0.4 is 0 Å². The van der Waals surface area contributed by atoms with Crippen molar-refractivity contribution in [2.75, 3.05) is 0 Å². The third-order valence-electron chi connectivity index (χ3n) is 9.14. The summed E-state index contributed by atoms with van der Waals surface area (Å²) in [6.07, 6.45) is 0. The predicted octanol–water partition coefficient (Wildman–Crippen LogP) is 12.0. The topological polar surface area (TPSA) is 43.6 Å². The highest BCUT2D eigenvalue weighted by molar-refractivity contribution is 7.26. The number of benzene rings is 7. The first-order valence-electron chi connectivity index (χ1n) is 18.8. The van der Waals surface area contributed by atoms with E-state index in [0.717, 1.165) is 64.4 Å². The van der Waals surface area contributed by atoms with Crippen LogP contribution in [0, 0.1) is 0 Å². The molecule has 5 heteroatoms. The van der Waals surface area contributed by atoms with Gasteiger partial charge in [0.2, 0.25) is 0 Å². The molecule has 0 atom stereocenters. The van der Waals surface area contributed by atoms with E-state index >= 15 is 0 Å². The van der Waals surface area contributed by atoms with Gasteiger partial charge < -0.3 is 4.57 Å². The van der Waals surface area contributed by atoms with Crippen LogP contribution in [0.25, 0.3) is 93.0 Å². The first-order valence-corrected chi connectivity index (χ1v) is 17.1. The van der Waals surface area contributed by atoms with Gasteiger partial charge in [-0.1, -0.05) is 152 Å². The molecule has 0 aliphatic carbocycles. The average molecular weight is 662 g/mol. The van der Waals surface area contributed by atoms with Gasteiger partial charge in [-0.25, -0.2) is 15.0 Å². The van der Waals surface area contributed by atoms with Crippen LogP contribution in [-0.2, 0) is 0 Å². The molecule has 4 nitrogen and oxygen atoms in total. The quantitative estimate of drug-likeness (QED) is 0.184. The summed E-state index contributed by atoms with van der Waals surface area (Å²) in [4.78, 5) is 14.8. The Bertz CT molecular complexity index is 3070. The van der Waals surface area contributed by atoms with Gasteiger partial charge in [0.25, 0.3) is 0 Å². The highest BCUT2D eigenvalue weighted by Crippen LogP contribution is 2.43. The molecule has 0 aliphatic rings. The van der Waals surface area contributed by atoms with E-state index in [1.54, 1.807) is 11.3 Å². The fourth-order valence-electron chi connectivity index (χ4n) is 6.89. The number of hydrogen-bond donors (Lipinski definition) is 0. The van der Waals surface area contributed by atoms with Crippen LogP contribution in [0.5, 0.6) is 0 Å². The molecule has 0 bridgehead atoms. The van der Waals surface area contributed by atoms with Crippen LogP contribution in [0.4, 0.5) is 0 Å². The van der Waals surface area contributed by atoms with Gasteiger partial charge in [0.15, 0.2) is 17.5 Å². The first kappa shape index (κ1) is 23.8. The lowest BCUT2D eigenvalue weighted by Gasteiger charge is -2.12. The number of hydrogen-bond acceptors (Lipinski definition) is 4. The highest BCUT2D eigenvalue weighted by atomic mass is 32.1. The summed E-state index contributed by atoms with van der Waals surface area (Å²) < 4.78 is 47.2. The zero-order valence-electron chi connectivity index (χ0n) is 31.5. The smallest absolute Gasteiger partial charge is 0.164 e. The van der Waals surface area contributed by atoms with Crippen molar-refractivity contribution in [3.63, 3.8) is 0 Å². The molecule has 0 spiro atoms. The number of aromatic nitrogens is 4. The zero-order chi connectivity index (χ0) is 37.4. The van der Waals surface area contributed by atoms with Gasteiger partial charge in [0.1, 0.15) is 0 Å². The summed E-state index contributed by atoms with van der Waals surface area (Å²) in [5.74, 6) is 1.78. The Morgan fingerprint density at radius 1 is 0.480 bits per heavy atom. The number of thiophene rings is 1. The Labute approximate surface area is 299 Å². The summed E-state index contributed by atoms with van der Waals surface area (Å²) in [6.45, 7) is 0. The molecule has 0 N–H and O–H groups in total. The van der Waals surface area contributed by atoms with Crippen molar-refractivity contribution >= 4 is 53.3 Å². The fraction of sp³-hybridized carbons (Fsp3) is 0. The second kappa shape index (κ2) is 11.6. The monoisotopic (exact) mass is 661 g/mol. The van der Waals surface area contributed by atoms with Gasteiger partial charge >= 0.3 is 0 Å². The summed E-state index contributed by atoms with van der Waals surface area (Å²) in [5.41, 5.74) is 6.10. The van der Waals surface area contributed by atoms with Crippen LogP contribution in [0.3, 0.4) is 0 Å². The molecule has 0 amide bonds. The Morgan fingerprint density at radius 3 is 1.84 bits per heavy atom. The molecule has 50 heavy (non-hydrogen) atoms. The van der Waals surface area contributed by atoms with Crippen molar-refractivity contribution in [1.29, 1.82) is 0 Å².